The Morgan fingerprint density at radius 1 is 1.35 bits per heavy atom. The molecule has 0 saturated carbocycles. The third-order valence-corrected chi connectivity index (χ3v) is 5.24. The van der Waals surface area contributed by atoms with Crippen LogP contribution in [-0.4, -0.2) is 57.9 Å². The molecule has 3 unspecified atom stereocenters. The summed E-state index contributed by atoms with van der Waals surface area (Å²) in [6.45, 7) is 4.59. The average molecular weight is 299 g/mol. The molecule has 0 aliphatic carbocycles. The van der Waals surface area contributed by atoms with E-state index in [9.17, 15) is 9.59 Å². The van der Waals surface area contributed by atoms with Gasteiger partial charge in [-0.3, -0.25) is 9.59 Å². The molecule has 2 N–H and O–H groups in total. The van der Waals surface area contributed by atoms with Crippen molar-refractivity contribution in [3.63, 3.8) is 0 Å². The maximum absolute atomic E-state index is 12.8. The fourth-order valence-corrected chi connectivity index (χ4v) is 4.24. The monoisotopic (exact) mass is 299 g/mol. The molecule has 0 aromatic carbocycles. The molecule has 0 radical (unpaired) electrons. The molecule has 2 fully saturated rings. The summed E-state index contributed by atoms with van der Waals surface area (Å²) in [6.07, 6.45) is 3.61. The summed E-state index contributed by atoms with van der Waals surface area (Å²) in [5.74, 6) is 1.52. The zero-order valence-corrected chi connectivity index (χ0v) is 13.2. The molecular formula is C14H25N3O2S. The largest absolute Gasteiger partial charge is 0.336 e. The van der Waals surface area contributed by atoms with Gasteiger partial charge in [-0.1, -0.05) is 6.92 Å². The Hall–Kier alpha value is -0.750. The molecule has 20 heavy (non-hydrogen) atoms. The summed E-state index contributed by atoms with van der Waals surface area (Å²) in [4.78, 5) is 28.4. The minimum Gasteiger partial charge on any atom is -0.336 e. The van der Waals surface area contributed by atoms with E-state index in [0.29, 0.717) is 18.1 Å². The van der Waals surface area contributed by atoms with Crippen LogP contribution in [0.3, 0.4) is 0 Å². The number of piperidine rings is 1. The number of hydrogen-bond donors (Lipinski definition) is 1. The number of nitrogens with two attached hydrogens (primary N) is 1. The van der Waals surface area contributed by atoms with Crippen molar-refractivity contribution in [3.8, 4) is 0 Å². The van der Waals surface area contributed by atoms with Crippen LogP contribution in [0.5, 0.6) is 0 Å². The zero-order chi connectivity index (χ0) is 14.7. The maximum Gasteiger partial charge on any atom is 0.246 e. The van der Waals surface area contributed by atoms with Crippen LogP contribution in [0.4, 0.5) is 0 Å². The van der Waals surface area contributed by atoms with E-state index in [1.54, 1.807) is 16.7 Å². The third-order valence-electron chi connectivity index (χ3n) is 4.23. The Bertz CT molecular complexity index is 375. The Labute approximate surface area is 125 Å². The molecular weight excluding hydrogens is 274 g/mol. The minimum atomic E-state index is -0.285. The predicted octanol–water partition coefficient (Wildman–Crippen LogP) is 1.03. The molecule has 0 bridgehead atoms. The number of amides is 2. The van der Waals surface area contributed by atoms with Crippen molar-refractivity contribution in [1.82, 2.24) is 9.80 Å². The van der Waals surface area contributed by atoms with Gasteiger partial charge in [0, 0.05) is 30.8 Å². The zero-order valence-electron chi connectivity index (χ0n) is 12.4. The van der Waals surface area contributed by atoms with Crippen molar-refractivity contribution in [2.24, 2.45) is 5.73 Å². The standard InChI is InChI=1S/C14H25N3O2S/c1-3-13(18)17-9-20-8-12(17)14(19)16-7-5-4-6-11(16)10(2)15/h10-12H,3-9,15H2,1-2H3. The number of carbonyl (C=O) groups excluding carboxylic acids is 2. The van der Waals surface area contributed by atoms with Crippen LogP contribution in [0, 0.1) is 0 Å². The number of thioether (sulfide) groups is 1. The van der Waals surface area contributed by atoms with Gasteiger partial charge in [-0.05, 0) is 26.2 Å². The summed E-state index contributed by atoms with van der Waals surface area (Å²) in [7, 11) is 0. The van der Waals surface area contributed by atoms with E-state index < -0.39 is 0 Å². The SMILES string of the molecule is CCC(=O)N1CSCC1C(=O)N1CCCCC1C(C)N. The molecule has 2 aliphatic rings. The molecule has 2 heterocycles. The first-order valence-corrected chi connectivity index (χ1v) is 8.65. The Morgan fingerprint density at radius 2 is 2.10 bits per heavy atom. The van der Waals surface area contributed by atoms with Gasteiger partial charge >= 0.3 is 0 Å². The van der Waals surface area contributed by atoms with Crippen LogP contribution in [0.25, 0.3) is 0 Å². The summed E-state index contributed by atoms with van der Waals surface area (Å²) in [5, 5.41) is 0. The second-order valence-electron chi connectivity index (χ2n) is 5.69. The molecule has 2 amide bonds. The van der Waals surface area contributed by atoms with E-state index in [1.807, 2.05) is 18.7 Å². The summed E-state index contributed by atoms with van der Waals surface area (Å²) >= 11 is 1.66. The smallest absolute Gasteiger partial charge is 0.246 e. The summed E-state index contributed by atoms with van der Waals surface area (Å²) < 4.78 is 0. The van der Waals surface area contributed by atoms with Gasteiger partial charge < -0.3 is 15.5 Å². The van der Waals surface area contributed by atoms with Gasteiger partial charge in [0.1, 0.15) is 6.04 Å². The summed E-state index contributed by atoms with van der Waals surface area (Å²) in [6, 6.07) is -0.170. The summed E-state index contributed by atoms with van der Waals surface area (Å²) in [5.41, 5.74) is 6.03. The van der Waals surface area contributed by atoms with Crippen LogP contribution >= 0.6 is 11.8 Å². The highest BCUT2D eigenvalue weighted by atomic mass is 32.2. The normalized spacial score (nSPS) is 28.6. The van der Waals surface area contributed by atoms with Crippen LogP contribution in [0.15, 0.2) is 0 Å². The Morgan fingerprint density at radius 3 is 2.75 bits per heavy atom. The van der Waals surface area contributed by atoms with Gasteiger partial charge in [0.05, 0.1) is 5.88 Å². The van der Waals surface area contributed by atoms with Crippen molar-refractivity contribution < 1.29 is 9.59 Å². The number of hydrogen-bond acceptors (Lipinski definition) is 4. The number of rotatable bonds is 3. The van der Waals surface area contributed by atoms with E-state index in [4.69, 9.17) is 5.73 Å². The van der Waals surface area contributed by atoms with Gasteiger partial charge in [0.2, 0.25) is 11.8 Å². The lowest BCUT2D eigenvalue weighted by atomic mass is 9.96. The highest BCUT2D eigenvalue weighted by Crippen LogP contribution is 2.27. The van der Waals surface area contributed by atoms with Crippen molar-refractivity contribution in [2.75, 3.05) is 18.2 Å². The lowest BCUT2D eigenvalue weighted by Gasteiger charge is -2.40. The first-order chi connectivity index (χ1) is 9.56. The quantitative estimate of drug-likeness (QED) is 0.845. The van der Waals surface area contributed by atoms with Gasteiger partial charge in [0.15, 0.2) is 0 Å². The van der Waals surface area contributed by atoms with E-state index >= 15 is 0 Å². The maximum atomic E-state index is 12.8. The molecule has 2 saturated heterocycles. The Kier molecular flexibility index (Phi) is 5.32. The molecule has 0 spiro atoms. The van der Waals surface area contributed by atoms with E-state index in [1.165, 1.54) is 0 Å². The second-order valence-corrected chi connectivity index (χ2v) is 6.69. The topological polar surface area (TPSA) is 66.6 Å². The number of likely N-dealkylation sites (tertiary alicyclic amines) is 1. The van der Waals surface area contributed by atoms with Gasteiger partial charge in [-0.15, -0.1) is 11.8 Å². The molecule has 0 aromatic rings. The predicted molar refractivity (Wildman–Crippen MR) is 81.3 cm³/mol. The van der Waals surface area contributed by atoms with Crippen LogP contribution in [0.2, 0.25) is 0 Å². The fraction of sp³-hybridized carbons (Fsp3) is 0.857. The third kappa shape index (κ3) is 3.11. The Balaban J connectivity index is 2.10. The van der Waals surface area contributed by atoms with Crippen LogP contribution < -0.4 is 5.73 Å². The van der Waals surface area contributed by atoms with E-state index in [0.717, 1.165) is 25.8 Å². The van der Waals surface area contributed by atoms with Gasteiger partial charge in [0.25, 0.3) is 0 Å². The molecule has 5 nitrogen and oxygen atoms in total. The second kappa shape index (κ2) is 6.80. The first-order valence-electron chi connectivity index (χ1n) is 7.49. The highest BCUT2D eigenvalue weighted by molar-refractivity contribution is 7.99. The lowest BCUT2D eigenvalue weighted by Crippen LogP contribution is -2.57. The van der Waals surface area contributed by atoms with Crippen molar-refractivity contribution in [2.45, 2.75) is 57.7 Å². The number of carbonyl (C=O) groups is 2. The van der Waals surface area contributed by atoms with Gasteiger partial charge in [-0.25, -0.2) is 0 Å². The highest BCUT2D eigenvalue weighted by Gasteiger charge is 2.39. The number of nitrogens with zero attached hydrogens (tertiary/aromatic N) is 2. The molecule has 3 atom stereocenters. The van der Waals surface area contributed by atoms with Crippen molar-refractivity contribution in [3.05, 3.63) is 0 Å². The fourth-order valence-electron chi connectivity index (χ4n) is 3.07. The van der Waals surface area contributed by atoms with Gasteiger partial charge in [-0.2, -0.15) is 0 Å². The van der Waals surface area contributed by atoms with Crippen molar-refractivity contribution >= 4 is 23.6 Å². The lowest BCUT2D eigenvalue weighted by molar-refractivity contribution is -0.146. The minimum absolute atomic E-state index is 0.0105. The van der Waals surface area contributed by atoms with E-state index in [-0.39, 0.29) is 29.9 Å². The molecule has 2 aliphatic heterocycles. The van der Waals surface area contributed by atoms with Crippen LogP contribution in [-0.2, 0) is 9.59 Å². The average Bonchev–Trinajstić information content (AvgIpc) is 2.95. The first kappa shape index (κ1) is 15.6. The molecule has 6 heteroatoms. The molecule has 2 rings (SSSR count). The van der Waals surface area contributed by atoms with E-state index in [2.05, 4.69) is 0 Å². The molecule has 0 aromatic heterocycles. The van der Waals surface area contributed by atoms with Crippen molar-refractivity contribution in [1.29, 1.82) is 0 Å². The van der Waals surface area contributed by atoms with Crippen LogP contribution in [0.1, 0.15) is 39.5 Å². The molecule has 114 valence electrons.